The van der Waals surface area contributed by atoms with E-state index in [9.17, 15) is 13.6 Å². The first-order valence-electron chi connectivity index (χ1n) is 7.21. The number of fused-ring (bicyclic) bond motifs is 1. The molecule has 6 heteroatoms. The maximum absolute atomic E-state index is 13.6. The van der Waals surface area contributed by atoms with Gasteiger partial charge in [-0.3, -0.25) is 4.79 Å². The van der Waals surface area contributed by atoms with Crippen LogP contribution in [-0.4, -0.2) is 49.2 Å². The molecule has 0 unspecified atom stereocenters. The van der Waals surface area contributed by atoms with E-state index in [1.165, 1.54) is 12.1 Å². The summed E-state index contributed by atoms with van der Waals surface area (Å²) < 4.78 is 32.3. The van der Waals surface area contributed by atoms with Crippen LogP contribution >= 0.6 is 0 Å². The number of carbonyl (C=O) groups excluding carboxylic acids is 1. The molecular weight excluding hydrogens is 278 g/mol. The van der Waals surface area contributed by atoms with Gasteiger partial charge in [0.25, 0.3) is 0 Å². The molecule has 21 heavy (non-hydrogen) atoms. The third kappa shape index (κ3) is 2.91. The normalized spacial score (nSPS) is 25.0. The van der Waals surface area contributed by atoms with Crippen LogP contribution in [-0.2, 0) is 16.0 Å². The van der Waals surface area contributed by atoms with E-state index < -0.39 is 11.6 Å². The Morgan fingerprint density at radius 2 is 2.24 bits per heavy atom. The zero-order chi connectivity index (χ0) is 14.8. The summed E-state index contributed by atoms with van der Waals surface area (Å²) in [5.41, 5.74) is 0.248. The van der Waals surface area contributed by atoms with Gasteiger partial charge in [-0.15, -0.1) is 0 Å². The highest BCUT2D eigenvalue weighted by Crippen LogP contribution is 2.20. The molecule has 2 aliphatic rings. The van der Waals surface area contributed by atoms with E-state index >= 15 is 0 Å². The summed E-state index contributed by atoms with van der Waals surface area (Å²) in [6.45, 7) is 2.58. The standard InChI is InChI=1S/C15H18F2N2O2/c16-11-3-1-2-10(15(11)17)4-5-14(20)19-6-7-21-13-9-18-8-12(13)19/h1-3,12-13,18H,4-9H2/t12-,13+/m1/s1. The minimum absolute atomic E-state index is 0.0272. The second-order valence-electron chi connectivity index (χ2n) is 5.43. The average Bonchev–Trinajstić information content (AvgIpc) is 2.96. The molecule has 0 aromatic heterocycles. The van der Waals surface area contributed by atoms with Crippen molar-refractivity contribution in [3.63, 3.8) is 0 Å². The Morgan fingerprint density at radius 3 is 3.10 bits per heavy atom. The average molecular weight is 296 g/mol. The lowest BCUT2D eigenvalue weighted by atomic mass is 10.1. The molecule has 1 N–H and O–H groups in total. The first-order chi connectivity index (χ1) is 10.2. The fraction of sp³-hybridized carbons (Fsp3) is 0.533. The van der Waals surface area contributed by atoms with Crippen molar-refractivity contribution >= 4 is 5.91 Å². The smallest absolute Gasteiger partial charge is 0.223 e. The van der Waals surface area contributed by atoms with Gasteiger partial charge in [-0.25, -0.2) is 8.78 Å². The van der Waals surface area contributed by atoms with Crippen LogP contribution in [0.3, 0.4) is 0 Å². The molecule has 0 radical (unpaired) electrons. The molecule has 2 fully saturated rings. The first-order valence-corrected chi connectivity index (χ1v) is 7.21. The van der Waals surface area contributed by atoms with Gasteiger partial charge >= 0.3 is 0 Å². The Balaban J connectivity index is 1.62. The van der Waals surface area contributed by atoms with E-state index in [1.54, 1.807) is 0 Å². The van der Waals surface area contributed by atoms with E-state index in [4.69, 9.17) is 4.74 Å². The predicted octanol–water partition coefficient (Wildman–Crippen LogP) is 1.10. The molecule has 1 aromatic carbocycles. The quantitative estimate of drug-likeness (QED) is 0.908. The van der Waals surface area contributed by atoms with E-state index in [1.807, 2.05) is 4.90 Å². The Morgan fingerprint density at radius 1 is 1.38 bits per heavy atom. The number of benzene rings is 1. The highest BCUT2D eigenvalue weighted by Gasteiger charge is 2.38. The van der Waals surface area contributed by atoms with Crippen molar-refractivity contribution in [3.8, 4) is 0 Å². The van der Waals surface area contributed by atoms with Crippen molar-refractivity contribution in [3.05, 3.63) is 35.4 Å². The molecule has 2 aliphatic heterocycles. The van der Waals surface area contributed by atoms with Crippen LogP contribution in [0, 0.1) is 11.6 Å². The van der Waals surface area contributed by atoms with Gasteiger partial charge in [0.1, 0.15) is 0 Å². The highest BCUT2D eigenvalue weighted by atomic mass is 19.2. The molecule has 1 amide bonds. The number of morpholine rings is 1. The van der Waals surface area contributed by atoms with Gasteiger partial charge in [0.05, 0.1) is 18.8 Å². The molecule has 2 saturated heterocycles. The molecule has 2 atom stereocenters. The fourth-order valence-corrected chi connectivity index (χ4v) is 3.03. The second kappa shape index (κ2) is 6.07. The van der Waals surface area contributed by atoms with E-state index in [-0.39, 0.29) is 36.5 Å². The van der Waals surface area contributed by atoms with Crippen LogP contribution in [0.1, 0.15) is 12.0 Å². The van der Waals surface area contributed by atoms with Gasteiger partial charge < -0.3 is 15.0 Å². The number of nitrogens with zero attached hydrogens (tertiary/aromatic N) is 1. The molecular formula is C15H18F2N2O2. The maximum atomic E-state index is 13.6. The van der Waals surface area contributed by atoms with Gasteiger partial charge in [-0.05, 0) is 18.1 Å². The van der Waals surface area contributed by atoms with Gasteiger partial charge in [-0.2, -0.15) is 0 Å². The third-order valence-corrected chi connectivity index (χ3v) is 4.15. The van der Waals surface area contributed by atoms with Crippen LogP contribution < -0.4 is 5.32 Å². The Bertz CT molecular complexity index is 538. The molecule has 0 spiro atoms. The number of aryl methyl sites for hydroxylation is 1. The van der Waals surface area contributed by atoms with Crippen molar-refractivity contribution in [2.24, 2.45) is 0 Å². The third-order valence-electron chi connectivity index (χ3n) is 4.15. The van der Waals surface area contributed by atoms with Crippen LogP contribution in [0.15, 0.2) is 18.2 Å². The summed E-state index contributed by atoms with van der Waals surface area (Å²) in [6, 6.07) is 4.12. The molecule has 0 saturated carbocycles. The van der Waals surface area contributed by atoms with Gasteiger partial charge in [-0.1, -0.05) is 12.1 Å². The van der Waals surface area contributed by atoms with Gasteiger partial charge in [0, 0.05) is 26.1 Å². The van der Waals surface area contributed by atoms with Crippen molar-refractivity contribution in [2.75, 3.05) is 26.2 Å². The summed E-state index contributed by atoms with van der Waals surface area (Å²) in [4.78, 5) is 14.1. The monoisotopic (exact) mass is 296 g/mol. The van der Waals surface area contributed by atoms with Crippen LogP contribution in [0.5, 0.6) is 0 Å². The van der Waals surface area contributed by atoms with Gasteiger partial charge in [0.2, 0.25) is 5.91 Å². The first kappa shape index (κ1) is 14.4. The molecule has 3 rings (SSSR count). The summed E-state index contributed by atoms with van der Waals surface area (Å²) in [5, 5.41) is 3.21. The SMILES string of the molecule is O=C(CCc1cccc(F)c1F)N1CCO[C@H]2CNC[C@H]21. The van der Waals surface area contributed by atoms with E-state index in [2.05, 4.69) is 5.32 Å². The number of amides is 1. The molecule has 114 valence electrons. The van der Waals surface area contributed by atoms with E-state index in [0.29, 0.717) is 13.2 Å². The Hall–Kier alpha value is -1.53. The van der Waals surface area contributed by atoms with Crippen molar-refractivity contribution in [1.29, 1.82) is 0 Å². The number of ether oxygens (including phenoxy) is 1. The number of hydrogen-bond acceptors (Lipinski definition) is 3. The topological polar surface area (TPSA) is 41.6 Å². The number of carbonyl (C=O) groups is 1. The number of hydrogen-bond donors (Lipinski definition) is 1. The van der Waals surface area contributed by atoms with Crippen molar-refractivity contribution < 1.29 is 18.3 Å². The second-order valence-corrected chi connectivity index (χ2v) is 5.43. The molecule has 4 nitrogen and oxygen atoms in total. The van der Waals surface area contributed by atoms with Crippen LogP contribution in [0.4, 0.5) is 8.78 Å². The van der Waals surface area contributed by atoms with Crippen molar-refractivity contribution in [2.45, 2.75) is 25.0 Å². The number of nitrogens with one attached hydrogen (secondary N) is 1. The minimum Gasteiger partial charge on any atom is -0.373 e. The van der Waals surface area contributed by atoms with Crippen molar-refractivity contribution in [1.82, 2.24) is 10.2 Å². The summed E-state index contributed by atoms with van der Waals surface area (Å²) >= 11 is 0. The Kier molecular flexibility index (Phi) is 4.17. The van der Waals surface area contributed by atoms with Gasteiger partial charge in [0.15, 0.2) is 11.6 Å². The molecule has 0 bridgehead atoms. The fourth-order valence-electron chi connectivity index (χ4n) is 3.03. The lowest BCUT2D eigenvalue weighted by Gasteiger charge is -2.37. The van der Waals surface area contributed by atoms with E-state index in [0.717, 1.165) is 19.2 Å². The molecule has 0 aliphatic carbocycles. The summed E-state index contributed by atoms with van der Waals surface area (Å²) in [7, 11) is 0. The maximum Gasteiger partial charge on any atom is 0.223 e. The zero-order valence-electron chi connectivity index (χ0n) is 11.6. The summed E-state index contributed by atoms with van der Waals surface area (Å²) in [6.07, 6.45) is 0.447. The number of halogens is 2. The largest absolute Gasteiger partial charge is 0.373 e. The Labute approximate surface area is 122 Å². The van der Waals surface area contributed by atoms with Crippen LogP contribution in [0.25, 0.3) is 0 Å². The minimum atomic E-state index is -0.869. The predicted molar refractivity (Wildman–Crippen MR) is 72.8 cm³/mol. The lowest BCUT2D eigenvalue weighted by Crippen LogP contribution is -2.53. The molecule has 2 heterocycles. The number of rotatable bonds is 3. The highest BCUT2D eigenvalue weighted by molar-refractivity contribution is 5.77. The molecule has 1 aromatic rings. The zero-order valence-corrected chi connectivity index (χ0v) is 11.6. The lowest BCUT2D eigenvalue weighted by molar-refractivity contribution is -0.142. The van der Waals surface area contributed by atoms with Crippen LogP contribution in [0.2, 0.25) is 0 Å². The summed E-state index contributed by atoms with van der Waals surface area (Å²) in [5.74, 6) is -1.75.